The number of nitrogens with two attached hydrogens (primary N) is 2. The van der Waals surface area contributed by atoms with Crippen LogP contribution in [0.15, 0.2) is 79.4 Å². The zero-order chi connectivity index (χ0) is 43.8. The molecule has 5 aliphatic rings. The van der Waals surface area contributed by atoms with Crippen LogP contribution in [-0.2, 0) is 28.4 Å². The van der Waals surface area contributed by atoms with Gasteiger partial charge in [0.2, 0.25) is 25.2 Å². The van der Waals surface area contributed by atoms with E-state index in [1.807, 2.05) is 30.3 Å². The quantitative estimate of drug-likeness (QED) is 0.126. The van der Waals surface area contributed by atoms with Crippen LogP contribution in [0.4, 0.5) is 0 Å². The van der Waals surface area contributed by atoms with Gasteiger partial charge < -0.3 is 69.0 Å². The second kappa shape index (κ2) is 17.3. The highest BCUT2D eigenvalue weighted by Crippen LogP contribution is 2.44. The van der Waals surface area contributed by atoms with E-state index in [0.717, 1.165) is 16.6 Å². The molecule has 0 bridgehead atoms. The summed E-state index contributed by atoms with van der Waals surface area (Å²) in [6, 6.07) is 18.8. The van der Waals surface area contributed by atoms with Crippen molar-refractivity contribution < 1.29 is 76.8 Å². The molecular weight excluding hydrogens is 836 g/mol. The maximum atomic E-state index is 12.7. The molecule has 3 unspecified atom stereocenters. The van der Waals surface area contributed by atoms with Crippen LogP contribution in [0.3, 0.4) is 0 Å². The molecular formula is C39H36N8O16. The van der Waals surface area contributed by atoms with Crippen molar-refractivity contribution >= 4 is 23.8 Å². The first-order valence-corrected chi connectivity index (χ1v) is 19.1. The Labute approximate surface area is 354 Å². The van der Waals surface area contributed by atoms with Crippen molar-refractivity contribution in [3.8, 4) is 23.0 Å². The fourth-order valence-electron chi connectivity index (χ4n) is 7.08. The van der Waals surface area contributed by atoms with Crippen molar-refractivity contribution in [2.45, 2.75) is 55.4 Å². The molecule has 2 amide bonds. The summed E-state index contributed by atoms with van der Waals surface area (Å²) in [5.74, 6) is -1.24. The van der Waals surface area contributed by atoms with E-state index in [9.17, 15) is 29.4 Å². The molecule has 24 heteroatoms. The molecule has 0 radical (unpaired) electrons. The molecule has 3 aromatic carbocycles. The molecule has 3 fully saturated rings. The molecule has 10 rings (SSSR count). The van der Waals surface area contributed by atoms with Gasteiger partial charge in [-0.05, 0) is 36.4 Å². The predicted octanol–water partition coefficient (Wildman–Crippen LogP) is -0.0752. The summed E-state index contributed by atoms with van der Waals surface area (Å²) >= 11 is 0. The molecule has 7 heterocycles. The first-order chi connectivity index (χ1) is 30.5. The second-order valence-electron chi connectivity index (χ2n) is 14.2. The number of aliphatic hydroxyl groups excluding tert-OH is 2. The Hall–Kier alpha value is -7.22. The summed E-state index contributed by atoms with van der Waals surface area (Å²) in [5.41, 5.74) is 11.7. The number of carbonyl (C=O) groups is 4. The summed E-state index contributed by atoms with van der Waals surface area (Å²) in [6.45, 7) is -0.241. The smallest absolute Gasteiger partial charge is 0.338 e. The Morgan fingerprint density at radius 1 is 0.619 bits per heavy atom. The van der Waals surface area contributed by atoms with Crippen molar-refractivity contribution in [3.05, 3.63) is 108 Å². The van der Waals surface area contributed by atoms with Gasteiger partial charge in [-0.2, -0.15) is 0 Å². The Morgan fingerprint density at radius 3 is 1.68 bits per heavy atom. The van der Waals surface area contributed by atoms with E-state index in [0.29, 0.717) is 28.6 Å². The first kappa shape index (κ1) is 41.1. The zero-order valence-corrected chi connectivity index (χ0v) is 32.5. The van der Waals surface area contributed by atoms with Crippen molar-refractivity contribution in [2.24, 2.45) is 11.5 Å². The van der Waals surface area contributed by atoms with Gasteiger partial charge in [-0.1, -0.05) is 30.3 Å². The van der Waals surface area contributed by atoms with E-state index >= 15 is 0 Å². The number of nitrogens with zero attached hydrogens (tertiary/aromatic N) is 6. The van der Waals surface area contributed by atoms with E-state index in [2.05, 4.69) is 20.2 Å². The van der Waals surface area contributed by atoms with Crippen molar-refractivity contribution in [1.29, 1.82) is 0 Å². The van der Waals surface area contributed by atoms with Gasteiger partial charge in [0, 0.05) is 5.56 Å². The molecule has 9 atom stereocenters. The first-order valence-electron chi connectivity index (χ1n) is 19.1. The fourth-order valence-corrected chi connectivity index (χ4v) is 7.08. The third-order valence-corrected chi connectivity index (χ3v) is 10.2. The van der Waals surface area contributed by atoms with Crippen LogP contribution in [0, 0.1) is 0 Å². The minimum atomic E-state index is -1.38. The highest BCUT2D eigenvalue weighted by Gasteiger charge is 2.54. The van der Waals surface area contributed by atoms with Crippen molar-refractivity contribution in [2.75, 3.05) is 26.8 Å². The summed E-state index contributed by atoms with van der Waals surface area (Å²) in [7, 11) is 0. The van der Waals surface area contributed by atoms with Crippen LogP contribution in [0.2, 0.25) is 0 Å². The predicted molar refractivity (Wildman–Crippen MR) is 202 cm³/mol. The maximum Gasteiger partial charge on any atom is 0.338 e. The second-order valence-corrected chi connectivity index (χ2v) is 14.2. The SMILES string of the molecule is NC(=O)c1ncn([C@@H]2O[C@H](COC(=O)c3ccc4c(c3)OCO4)C(O)[C@H]2O)n1.NC(=O)c1ncn([C@@H]2O[C@H](COC(=O)c3ccc4c(c3)OCO4)C3OC(c4ccccc4)O[C@H]32)n1. The maximum absolute atomic E-state index is 12.7. The van der Waals surface area contributed by atoms with Gasteiger partial charge in [-0.3, -0.25) is 9.59 Å². The normalized spacial score (nSPS) is 26.1. The molecule has 24 nitrogen and oxygen atoms in total. The van der Waals surface area contributed by atoms with Gasteiger partial charge in [0.15, 0.2) is 41.7 Å². The highest BCUT2D eigenvalue weighted by molar-refractivity contribution is 5.91. The minimum Gasteiger partial charge on any atom is -0.459 e. The minimum absolute atomic E-state index is 0.0783. The average Bonchev–Trinajstić information content (AvgIpc) is 4.15. The lowest BCUT2D eigenvalue weighted by Crippen LogP contribution is -2.34. The fraction of sp³-hybridized carbons (Fsp3) is 0.333. The lowest BCUT2D eigenvalue weighted by Gasteiger charge is -2.20. The number of esters is 2. The van der Waals surface area contributed by atoms with Crippen LogP contribution >= 0.6 is 0 Å². The number of primary amides is 2. The summed E-state index contributed by atoms with van der Waals surface area (Å²) in [5, 5.41) is 28.2. The number of fused-ring (bicyclic) bond motifs is 3. The Morgan fingerprint density at radius 2 is 1.13 bits per heavy atom. The van der Waals surface area contributed by atoms with Gasteiger partial charge in [0.05, 0.1) is 11.1 Å². The van der Waals surface area contributed by atoms with Crippen LogP contribution in [-0.4, -0.2) is 127 Å². The third-order valence-electron chi connectivity index (χ3n) is 10.2. The molecule has 6 N–H and O–H groups in total. The monoisotopic (exact) mass is 872 g/mol. The Balaban J connectivity index is 0.000000164. The molecule has 0 spiro atoms. The van der Waals surface area contributed by atoms with E-state index in [-0.39, 0.29) is 44.0 Å². The third kappa shape index (κ3) is 8.40. The van der Waals surface area contributed by atoms with Gasteiger partial charge in [0.1, 0.15) is 62.5 Å². The molecule has 0 aliphatic carbocycles. The average molecular weight is 873 g/mol. The number of carbonyl (C=O) groups excluding carboxylic acids is 4. The number of hydrogen-bond acceptors (Lipinski definition) is 20. The summed E-state index contributed by atoms with van der Waals surface area (Å²) in [4.78, 5) is 55.0. The van der Waals surface area contributed by atoms with E-state index < -0.39 is 79.1 Å². The molecule has 5 aromatic rings. The van der Waals surface area contributed by atoms with Gasteiger partial charge in [0.25, 0.3) is 11.8 Å². The van der Waals surface area contributed by atoms with Gasteiger partial charge >= 0.3 is 11.9 Å². The number of aliphatic hydroxyl groups is 2. The Bertz CT molecular complexity index is 2520. The zero-order valence-electron chi connectivity index (χ0n) is 32.5. The van der Waals surface area contributed by atoms with Crippen LogP contribution in [0.25, 0.3) is 0 Å². The lowest BCUT2D eigenvalue weighted by molar-refractivity contribution is -0.156. The largest absolute Gasteiger partial charge is 0.459 e. The van der Waals surface area contributed by atoms with Gasteiger partial charge in [-0.25, -0.2) is 28.9 Å². The highest BCUT2D eigenvalue weighted by atomic mass is 16.8. The number of benzene rings is 3. The molecule has 5 aliphatic heterocycles. The molecule has 63 heavy (non-hydrogen) atoms. The topological polar surface area (TPSA) is 315 Å². The summed E-state index contributed by atoms with van der Waals surface area (Å²) < 4.78 is 58.0. The van der Waals surface area contributed by atoms with E-state index in [1.54, 1.807) is 24.3 Å². The Kier molecular flexibility index (Phi) is 11.3. The molecule has 328 valence electrons. The van der Waals surface area contributed by atoms with Crippen LogP contribution in [0.1, 0.15) is 66.3 Å². The van der Waals surface area contributed by atoms with E-state index in [4.69, 9.17) is 58.8 Å². The van der Waals surface area contributed by atoms with Crippen molar-refractivity contribution in [3.63, 3.8) is 0 Å². The molecule has 2 aromatic heterocycles. The van der Waals surface area contributed by atoms with Crippen LogP contribution in [0.5, 0.6) is 23.0 Å². The number of hydrogen-bond donors (Lipinski definition) is 4. The van der Waals surface area contributed by atoms with Crippen LogP contribution < -0.4 is 30.4 Å². The molecule has 3 saturated heterocycles. The standard InChI is InChI=1S/C23H20N4O8.C16H16N4O8/c24-19(28)20-25-10-27(26-20)21-18-17(34-23(35-18)12-4-2-1-3-5-12)16(33-21)9-30-22(29)13-6-7-14-15(8-13)32-11-31-14;17-13(23)14-18-5-20(19-14)15-12(22)11(21)10(28-15)4-25-16(24)7-1-2-8-9(3-7)27-6-26-8/h1-8,10,16-18,21,23H,9,11H2,(H2,24,28);1-3,5,10-12,15,21-22H,4,6H2,(H2,17,23)/t16-,17?,18-,21-,23?;10-,11?,12-,15-/m11/s1. The number of amides is 2. The van der Waals surface area contributed by atoms with Crippen molar-refractivity contribution in [1.82, 2.24) is 29.5 Å². The summed E-state index contributed by atoms with van der Waals surface area (Å²) in [6.07, 6.45) is -5.65. The molecule has 0 saturated carbocycles. The lowest BCUT2D eigenvalue weighted by atomic mass is 10.1. The number of aromatic nitrogens is 6. The number of rotatable bonds is 11. The van der Waals surface area contributed by atoms with Gasteiger partial charge in [-0.15, -0.1) is 10.2 Å². The van der Waals surface area contributed by atoms with E-state index in [1.165, 1.54) is 23.1 Å². The number of ether oxygens (including phenoxy) is 10.